The van der Waals surface area contributed by atoms with E-state index in [4.69, 9.17) is 4.74 Å². The Bertz CT molecular complexity index is 323. The van der Waals surface area contributed by atoms with E-state index in [0.717, 1.165) is 24.5 Å². The molecule has 0 aromatic carbocycles. The van der Waals surface area contributed by atoms with Crippen LogP contribution in [0.3, 0.4) is 0 Å². The number of morpholine rings is 1. The van der Waals surface area contributed by atoms with Crippen LogP contribution in [-0.4, -0.2) is 43.0 Å². The molecule has 1 aliphatic rings. The highest BCUT2D eigenvalue weighted by Gasteiger charge is 2.27. The minimum absolute atomic E-state index is 0.128. The van der Waals surface area contributed by atoms with Gasteiger partial charge in [-0.15, -0.1) is 11.3 Å². The van der Waals surface area contributed by atoms with Crippen LogP contribution in [0.25, 0.3) is 0 Å². The van der Waals surface area contributed by atoms with Gasteiger partial charge in [0.1, 0.15) is 6.10 Å². The molecule has 1 fully saturated rings. The van der Waals surface area contributed by atoms with E-state index in [1.807, 2.05) is 17.5 Å². The first kappa shape index (κ1) is 10.8. The SMILES string of the molecule is CCN1CCOC(C(=O)c2cccs2)C1. The highest BCUT2D eigenvalue weighted by atomic mass is 32.1. The summed E-state index contributed by atoms with van der Waals surface area (Å²) < 4.78 is 5.51. The van der Waals surface area contributed by atoms with Crippen LogP contribution < -0.4 is 0 Å². The van der Waals surface area contributed by atoms with Crippen LogP contribution >= 0.6 is 11.3 Å². The maximum atomic E-state index is 12.0. The predicted octanol–water partition coefficient (Wildman–Crippen LogP) is 1.65. The van der Waals surface area contributed by atoms with E-state index in [-0.39, 0.29) is 11.9 Å². The van der Waals surface area contributed by atoms with Gasteiger partial charge in [0.2, 0.25) is 5.78 Å². The number of carbonyl (C=O) groups is 1. The van der Waals surface area contributed by atoms with Crippen molar-refractivity contribution in [2.45, 2.75) is 13.0 Å². The molecular formula is C11H15NO2S. The Labute approximate surface area is 93.7 Å². The Kier molecular flexibility index (Phi) is 3.51. The number of hydrogen-bond acceptors (Lipinski definition) is 4. The second-order valence-corrected chi connectivity index (χ2v) is 4.54. The summed E-state index contributed by atoms with van der Waals surface area (Å²) in [5.74, 6) is 0.128. The molecule has 1 aromatic heterocycles. The van der Waals surface area contributed by atoms with Crippen molar-refractivity contribution in [2.24, 2.45) is 0 Å². The molecule has 82 valence electrons. The Morgan fingerprint density at radius 2 is 2.60 bits per heavy atom. The zero-order chi connectivity index (χ0) is 10.7. The number of rotatable bonds is 3. The molecule has 1 aromatic rings. The monoisotopic (exact) mass is 225 g/mol. The lowest BCUT2D eigenvalue weighted by molar-refractivity contribution is -0.0146. The molecule has 4 heteroatoms. The molecule has 2 rings (SSSR count). The van der Waals surface area contributed by atoms with Crippen molar-refractivity contribution in [3.8, 4) is 0 Å². The number of nitrogens with zero attached hydrogens (tertiary/aromatic N) is 1. The molecule has 1 aliphatic heterocycles. The Morgan fingerprint density at radius 1 is 1.73 bits per heavy atom. The van der Waals surface area contributed by atoms with E-state index >= 15 is 0 Å². The third-order valence-electron chi connectivity index (χ3n) is 2.65. The smallest absolute Gasteiger partial charge is 0.202 e. The van der Waals surface area contributed by atoms with Gasteiger partial charge in [-0.1, -0.05) is 13.0 Å². The number of thiophene rings is 1. The van der Waals surface area contributed by atoms with Crippen LogP contribution in [0.5, 0.6) is 0 Å². The van der Waals surface area contributed by atoms with Gasteiger partial charge in [0.25, 0.3) is 0 Å². The van der Waals surface area contributed by atoms with Crippen molar-refractivity contribution in [1.82, 2.24) is 4.90 Å². The fourth-order valence-corrected chi connectivity index (χ4v) is 2.43. The molecular weight excluding hydrogens is 210 g/mol. The van der Waals surface area contributed by atoms with Gasteiger partial charge >= 0.3 is 0 Å². The number of ether oxygens (including phenoxy) is 1. The van der Waals surface area contributed by atoms with Gasteiger partial charge in [0.05, 0.1) is 11.5 Å². The van der Waals surface area contributed by atoms with E-state index in [1.165, 1.54) is 11.3 Å². The molecule has 1 unspecified atom stereocenters. The number of likely N-dealkylation sites (N-methyl/N-ethyl adjacent to an activating group) is 1. The van der Waals surface area contributed by atoms with Gasteiger partial charge in [0, 0.05) is 13.1 Å². The van der Waals surface area contributed by atoms with Crippen molar-refractivity contribution in [3.05, 3.63) is 22.4 Å². The third-order valence-corrected chi connectivity index (χ3v) is 3.54. The molecule has 2 heterocycles. The fourth-order valence-electron chi connectivity index (χ4n) is 1.73. The summed E-state index contributed by atoms with van der Waals surface area (Å²) in [6.45, 7) is 5.42. The normalized spacial score (nSPS) is 22.9. The predicted molar refractivity (Wildman–Crippen MR) is 60.5 cm³/mol. The van der Waals surface area contributed by atoms with E-state index in [1.54, 1.807) is 0 Å². The van der Waals surface area contributed by atoms with Gasteiger partial charge in [0.15, 0.2) is 0 Å². The maximum absolute atomic E-state index is 12.0. The summed E-state index contributed by atoms with van der Waals surface area (Å²) in [4.78, 5) is 15.0. The molecule has 0 saturated carbocycles. The second-order valence-electron chi connectivity index (χ2n) is 3.59. The summed E-state index contributed by atoms with van der Waals surface area (Å²) in [5.41, 5.74) is 0. The Morgan fingerprint density at radius 3 is 3.27 bits per heavy atom. The summed E-state index contributed by atoms with van der Waals surface area (Å²) in [6, 6.07) is 3.76. The molecule has 0 aliphatic carbocycles. The molecule has 0 radical (unpaired) electrons. The topological polar surface area (TPSA) is 29.5 Å². The lowest BCUT2D eigenvalue weighted by Gasteiger charge is -2.30. The van der Waals surface area contributed by atoms with Crippen LogP contribution in [0.15, 0.2) is 17.5 Å². The van der Waals surface area contributed by atoms with Crippen LogP contribution in [0, 0.1) is 0 Å². The van der Waals surface area contributed by atoms with Gasteiger partial charge in [-0.25, -0.2) is 0 Å². The summed E-state index contributed by atoms with van der Waals surface area (Å²) in [5, 5.41) is 1.92. The minimum Gasteiger partial charge on any atom is -0.367 e. The summed E-state index contributed by atoms with van der Waals surface area (Å²) in [7, 11) is 0. The summed E-state index contributed by atoms with van der Waals surface area (Å²) in [6.07, 6.45) is -0.266. The van der Waals surface area contributed by atoms with Crippen LogP contribution in [-0.2, 0) is 4.74 Å². The van der Waals surface area contributed by atoms with E-state index < -0.39 is 0 Å². The van der Waals surface area contributed by atoms with Gasteiger partial charge in [-0.2, -0.15) is 0 Å². The maximum Gasteiger partial charge on any atom is 0.202 e. The van der Waals surface area contributed by atoms with Crippen molar-refractivity contribution in [2.75, 3.05) is 26.2 Å². The van der Waals surface area contributed by atoms with Crippen LogP contribution in [0.2, 0.25) is 0 Å². The lowest BCUT2D eigenvalue weighted by Crippen LogP contribution is -2.45. The number of Topliss-reactive ketones (excluding diaryl/α,β-unsaturated/α-hetero) is 1. The van der Waals surface area contributed by atoms with Crippen LogP contribution in [0.4, 0.5) is 0 Å². The van der Waals surface area contributed by atoms with Crippen molar-refractivity contribution >= 4 is 17.1 Å². The van der Waals surface area contributed by atoms with E-state index in [9.17, 15) is 4.79 Å². The van der Waals surface area contributed by atoms with Crippen molar-refractivity contribution in [1.29, 1.82) is 0 Å². The lowest BCUT2D eigenvalue weighted by atomic mass is 10.1. The average Bonchev–Trinajstić information content (AvgIpc) is 2.81. The molecule has 0 amide bonds. The van der Waals surface area contributed by atoms with Gasteiger partial charge in [-0.05, 0) is 18.0 Å². The number of hydrogen-bond donors (Lipinski definition) is 0. The van der Waals surface area contributed by atoms with E-state index in [0.29, 0.717) is 6.61 Å². The Balaban J connectivity index is 2.01. The van der Waals surface area contributed by atoms with Crippen LogP contribution in [0.1, 0.15) is 16.6 Å². The largest absolute Gasteiger partial charge is 0.367 e. The number of carbonyl (C=O) groups excluding carboxylic acids is 1. The minimum atomic E-state index is -0.266. The molecule has 0 bridgehead atoms. The fraction of sp³-hybridized carbons (Fsp3) is 0.545. The average molecular weight is 225 g/mol. The number of ketones is 1. The van der Waals surface area contributed by atoms with Crippen molar-refractivity contribution < 1.29 is 9.53 Å². The van der Waals surface area contributed by atoms with Gasteiger partial charge < -0.3 is 4.74 Å². The zero-order valence-corrected chi connectivity index (χ0v) is 9.63. The molecule has 1 saturated heterocycles. The summed E-state index contributed by atoms with van der Waals surface area (Å²) >= 11 is 1.49. The Hall–Kier alpha value is -0.710. The first-order chi connectivity index (χ1) is 7.31. The second kappa shape index (κ2) is 4.88. The molecule has 15 heavy (non-hydrogen) atoms. The molecule has 0 N–H and O–H groups in total. The standard InChI is InChI=1S/C11H15NO2S/c1-2-12-5-6-14-9(8-12)11(13)10-4-3-7-15-10/h3-4,7,9H,2,5-6,8H2,1H3. The first-order valence-corrected chi connectivity index (χ1v) is 6.11. The highest BCUT2D eigenvalue weighted by molar-refractivity contribution is 7.12. The zero-order valence-electron chi connectivity index (χ0n) is 8.81. The quantitative estimate of drug-likeness (QED) is 0.733. The molecule has 0 spiro atoms. The first-order valence-electron chi connectivity index (χ1n) is 5.23. The third kappa shape index (κ3) is 2.45. The molecule has 3 nitrogen and oxygen atoms in total. The van der Waals surface area contributed by atoms with Crippen molar-refractivity contribution in [3.63, 3.8) is 0 Å². The van der Waals surface area contributed by atoms with Gasteiger partial charge in [-0.3, -0.25) is 9.69 Å². The molecule has 1 atom stereocenters. The highest BCUT2D eigenvalue weighted by Crippen LogP contribution is 2.15. The van der Waals surface area contributed by atoms with E-state index in [2.05, 4.69) is 11.8 Å².